The second-order valence-corrected chi connectivity index (χ2v) is 7.98. The van der Waals surface area contributed by atoms with E-state index in [0.29, 0.717) is 5.75 Å². The number of benzene rings is 2. The summed E-state index contributed by atoms with van der Waals surface area (Å²) in [6.07, 6.45) is 0. The average Bonchev–Trinajstić information content (AvgIpc) is 2.61. The van der Waals surface area contributed by atoms with Gasteiger partial charge in [-0.25, -0.2) is 0 Å². The lowest BCUT2D eigenvalue weighted by molar-refractivity contribution is -0.133. The molecule has 0 spiro atoms. The van der Waals surface area contributed by atoms with Gasteiger partial charge >= 0.3 is 0 Å². The van der Waals surface area contributed by atoms with E-state index in [1.807, 2.05) is 47.4 Å². The predicted molar refractivity (Wildman–Crippen MR) is 103 cm³/mol. The van der Waals surface area contributed by atoms with E-state index < -0.39 is 0 Å². The van der Waals surface area contributed by atoms with Crippen LogP contribution in [0.25, 0.3) is 0 Å². The Bertz CT molecular complexity index is 678. The van der Waals surface area contributed by atoms with Crippen LogP contribution < -0.4 is 0 Å². The van der Waals surface area contributed by atoms with Crippen LogP contribution in [0, 0.1) is 0 Å². The molecule has 0 aromatic heterocycles. The van der Waals surface area contributed by atoms with Crippen molar-refractivity contribution in [3.8, 4) is 0 Å². The molecule has 3 nitrogen and oxygen atoms in total. The molecule has 0 saturated carbocycles. The highest BCUT2D eigenvalue weighted by atomic mass is 79.9. The van der Waals surface area contributed by atoms with Gasteiger partial charge in [-0.15, -0.1) is 11.8 Å². The molecule has 2 aromatic carbocycles. The van der Waals surface area contributed by atoms with Gasteiger partial charge < -0.3 is 9.80 Å². The van der Waals surface area contributed by atoms with Gasteiger partial charge in [0, 0.05) is 29.0 Å². The zero-order valence-electron chi connectivity index (χ0n) is 13.7. The Morgan fingerprint density at radius 2 is 1.83 bits per heavy atom. The Kier molecular flexibility index (Phi) is 5.98. The average molecular weight is 405 g/mol. The maximum Gasteiger partial charge on any atom is 0.233 e. The third-order valence-corrected chi connectivity index (χ3v) is 5.79. The van der Waals surface area contributed by atoms with Crippen LogP contribution in [0.4, 0.5) is 0 Å². The van der Waals surface area contributed by atoms with Crippen molar-refractivity contribution in [3.05, 3.63) is 64.6 Å². The maximum atomic E-state index is 12.8. The lowest BCUT2D eigenvalue weighted by atomic mass is 10.0. The number of halogens is 1. The van der Waals surface area contributed by atoms with Crippen LogP contribution in [-0.2, 0) is 4.79 Å². The summed E-state index contributed by atoms with van der Waals surface area (Å²) in [5, 5.41) is 0. The number of hydrogen-bond acceptors (Lipinski definition) is 3. The molecule has 2 aromatic rings. The van der Waals surface area contributed by atoms with Gasteiger partial charge in [-0.2, -0.15) is 0 Å². The fraction of sp³-hybridized carbons (Fsp3) is 0.316. The van der Waals surface area contributed by atoms with E-state index in [9.17, 15) is 4.79 Å². The molecular formula is C19H21BrN2OS. The number of piperazine rings is 1. The van der Waals surface area contributed by atoms with Crippen LogP contribution in [0.1, 0.15) is 11.6 Å². The van der Waals surface area contributed by atoms with Crippen LogP contribution in [-0.4, -0.2) is 48.1 Å². The predicted octanol–water partition coefficient (Wildman–Crippen LogP) is 4.06. The summed E-state index contributed by atoms with van der Waals surface area (Å²) < 4.78 is 1.06. The van der Waals surface area contributed by atoms with Gasteiger partial charge in [-0.1, -0.05) is 46.3 Å². The van der Waals surface area contributed by atoms with E-state index >= 15 is 0 Å². The van der Waals surface area contributed by atoms with E-state index in [0.717, 1.165) is 29.0 Å². The zero-order chi connectivity index (χ0) is 16.9. The number of thioether (sulfide) groups is 1. The van der Waals surface area contributed by atoms with Gasteiger partial charge in [0.25, 0.3) is 0 Å². The van der Waals surface area contributed by atoms with Gasteiger partial charge in [0.15, 0.2) is 0 Å². The second-order valence-electron chi connectivity index (χ2n) is 6.02. The number of carbonyl (C=O) groups excluding carboxylic acids is 1. The van der Waals surface area contributed by atoms with Crippen LogP contribution >= 0.6 is 27.7 Å². The van der Waals surface area contributed by atoms with Crippen LogP contribution in [0.2, 0.25) is 0 Å². The molecule has 1 amide bonds. The van der Waals surface area contributed by atoms with Crippen LogP contribution in [0.5, 0.6) is 0 Å². The highest BCUT2D eigenvalue weighted by Crippen LogP contribution is 2.27. The minimum Gasteiger partial charge on any atom is -0.332 e. The SMILES string of the molecule is CN1CCN(C(=O)CSc2ccc(Br)cc2)[C@@H](c2ccccc2)C1. The van der Waals surface area contributed by atoms with E-state index in [1.165, 1.54) is 5.56 Å². The highest BCUT2D eigenvalue weighted by molar-refractivity contribution is 9.10. The molecule has 5 heteroatoms. The van der Waals surface area contributed by atoms with Gasteiger partial charge in [0.2, 0.25) is 5.91 Å². The molecule has 1 atom stereocenters. The molecule has 0 unspecified atom stereocenters. The summed E-state index contributed by atoms with van der Waals surface area (Å²) in [7, 11) is 2.12. The largest absolute Gasteiger partial charge is 0.332 e. The lowest BCUT2D eigenvalue weighted by Crippen LogP contribution is -2.49. The summed E-state index contributed by atoms with van der Waals surface area (Å²) >= 11 is 5.04. The first-order valence-corrected chi connectivity index (χ1v) is 9.82. The summed E-state index contributed by atoms with van der Waals surface area (Å²) in [5.41, 5.74) is 1.21. The standard InChI is InChI=1S/C19H21BrN2OS/c1-21-11-12-22(18(13-21)15-5-3-2-4-6-15)19(23)14-24-17-9-7-16(20)8-10-17/h2-10,18H,11-14H2,1H3/t18-/m1/s1. The Morgan fingerprint density at radius 3 is 2.54 bits per heavy atom. The van der Waals surface area contributed by atoms with Crippen molar-refractivity contribution in [1.82, 2.24) is 9.80 Å². The summed E-state index contributed by atoms with van der Waals surface area (Å²) in [4.78, 5) is 18.3. The molecule has 1 aliphatic heterocycles. The van der Waals surface area contributed by atoms with Crippen molar-refractivity contribution >= 4 is 33.6 Å². The van der Waals surface area contributed by atoms with Crippen molar-refractivity contribution in [1.29, 1.82) is 0 Å². The molecule has 24 heavy (non-hydrogen) atoms. The minimum absolute atomic E-state index is 0.142. The second kappa shape index (κ2) is 8.19. The summed E-state index contributed by atoms with van der Waals surface area (Å²) in [6.45, 7) is 2.60. The first-order valence-electron chi connectivity index (χ1n) is 8.05. The van der Waals surface area contributed by atoms with Gasteiger partial charge in [-0.3, -0.25) is 4.79 Å². The quantitative estimate of drug-likeness (QED) is 0.717. The highest BCUT2D eigenvalue weighted by Gasteiger charge is 2.29. The third kappa shape index (κ3) is 4.41. The minimum atomic E-state index is 0.142. The maximum absolute atomic E-state index is 12.8. The first kappa shape index (κ1) is 17.5. The number of hydrogen-bond donors (Lipinski definition) is 0. The molecule has 0 radical (unpaired) electrons. The molecule has 3 rings (SSSR count). The molecule has 0 bridgehead atoms. The topological polar surface area (TPSA) is 23.6 Å². The molecule has 0 aliphatic carbocycles. The number of nitrogens with zero attached hydrogens (tertiary/aromatic N) is 2. The van der Waals surface area contributed by atoms with Crippen molar-refractivity contribution in [2.45, 2.75) is 10.9 Å². The van der Waals surface area contributed by atoms with Gasteiger partial charge in [0.05, 0.1) is 11.8 Å². The Balaban J connectivity index is 1.68. The van der Waals surface area contributed by atoms with Gasteiger partial charge in [0.1, 0.15) is 0 Å². The van der Waals surface area contributed by atoms with E-state index in [1.54, 1.807) is 11.8 Å². The van der Waals surface area contributed by atoms with Crippen molar-refractivity contribution in [2.75, 3.05) is 32.4 Å². The van der Waals surface area contributed by atoms with E-state index in [2.05, 4.69) is 40.0 Å². The number of likely N-dealkylation sites (N-methyl/N-ethyl adjacent to an activating group) is 1. The lowest BCUT2D eigenvalue weighted by Gasteiger charge is -2.40. The molecule has 1 saturated heterocycles. The summed E-state index contributed by atoms with van der Waals surface area (Å²) in [5.74, 6) is 0.694. The number of carbonyl (C=O) groups is 1. The molecule has 1 aliphatic rings. The molecular weight excluding hydrogens is 384 g/mol. The van der Waals surface area contributed by atoms with E-state index in [4.69, 9.17) is 0 Å². The molecule has 1 fully saturated rings. The van der Waals surface area contributed by atoms with Crippen molar-refractivity contribution in [2.24, 2.45) is 0 Å². The Hall–Kier alpha value is -1.30. The number of amides is 1. The van der Waals surface area contributed by atoms with Crippen LogP contribution in [0.15, 0.2) is 64.0 Å². The van der Waals surface area contributed by atoms with E-state index in [-0.39, 0.29) is 11.9 Å². The van der Waals surface area contributed by atoms with Crippen molar-refractivity contribution in [3.63, 3.8) is 0 Å². The normalized spacial score (nSPS) is 18.6. The zero-order valence-corrected chi connectivity index (χ0v) is 16.1. The fourth-order valence-corrected chi connectivity index (χ4v) is 3.99. The van der Waals surface area contributed by atoms with Crippen LogP contribution in [0.3, 0.4) is 0 Å². The van der Waals surface area contributed by atoms with Crippen molar-refractivity contribution < 1.29 is 4.79 Å². The first-order chi connectivity index (χ1) is 11.6. The smallest absolute Gasteiger partial charge is 0.233 e. The fourth-order valence-electron chi connectivity index (χ4n) is 2.94. The van der Waals surface area contributed by atoms with Gasteiger partial charge in [-0.05, 0) is 36.9 Å². The molecule has 126 valence electrons. The molecule has 1 heterocycles. The molecule has 0 N–H and O–H groups in total. The third-order valence-electron chi connectivity index (χ3n) is 4.26. The Morgan fingerprint density at radius 1 is 1.12 bits per heavy atom. The number of rotatable bonds is 4. The summed E-state index contributed by atoms with van der Waals surface area (Å²) in [6, 6.07) is 18.6. The monoisotopic (exact) mass is 404 g/mol. The Labute approximate surface area is 156 Å².